The van der Waals surface area contributed by atoms with Crippen LogP contribution in [0.15, 0.2) is 27.2 Å². The number of azo groups is 1. The maximum absolute atomic E-state index is 11.7. The molecule has 0 fully saturated rings. The van der Waals surface area contributed by atoms with E-state index < -0.39 is 5.56 Å². The molecule has 0 saturated heterocycles. The van der Waals surface area contributed by atoms with Gasteiger partial charge in [-0.3, -0.25) is 9.78 Å². The second kappa shape index (κ2) is 6.31. The van der Waals surface area contributed by atoms with Gasteiger partial charge in [-0.05, 0) is 0 Å². The Morgan fingerprint density at radius 2 is 1.86 bits per heavy atom. The van der Waals surface area contributed by atoms with E-state index in [0.717, 1.165) is 0 Å². The summed E-state index contributed by atoms with van der Waals surface area (Å²) in [5, 5.41) is 8.07. The Balaban J connectivity index is 2.48. The van der Waals surface area contributed by atoms with Crippen LogP contribution in [-0.4, -0.2) is 24.2 Å². The minimum atomic E-state index is -0.603. The molecule has 0 unspecified atom stereocenters. The average Bonchev–Trinajstić information content (AvgIpc) is 2.46. The monoisotopic (exact) mass is 324 g/mol. The number of methoxy groups -OCH3 is 2. The lowest BCUT2D eigenvalue weighted by molar-refractivity contribution is 0.404. The fourth-order valence-corrected chi connectivity index (χ4v) is 1.86. The molecule has 1 heterocycles. The predicted octanol–water partition coefficient (Wildman–Crippen LogP) is 2.02. The first-order valence-electron chi connectivity index (χ1n) is 5.94. The smallest absolute Gasteiger partial charge is 0.282 e. The summed E-state index contributed by atoms with van der Waals surface area (Å²) >= 11 is 5.99. The lowest BCUT2D eigenvalue weighted by Crippen LogP contribution is -2.12. The number of aromatic amines is 1. The van der Waals surface area contributed by atoms with Gasteiger partial charge in [-0.1, -0.05) is 11.6 Å². The average molecular weight is 325 g/mol. The zero-order valence-corrected chi connectivity index (χ0v) is 12.5. The molecule has 1 aromatic carbocycles. The van der Waals surface area contributed by atoms with Crippen LogP contribution >= 0.6 is 11.6 Å². The zero-order chi connectivity index (χ0) is 16.3. The Hall–Kier alpha value is -2.81. The summed E-state index contributed by atoms with van der Waals surface area (Å²) in [5.41, 5.74) is 10.5. The normalized spacial score (nSPS) is 10.9. The summed E-state index contributed by atoms with van der Waals surface area (Å²) in [6.07, 6.45) is 0. The van der Waals surface area contributed by atoms with Gasteiger partial charge in [-0.15, -0.1) is 10.2 Å². The number of hydrogen-bond acceptors (Lipinski definition) is 8. The summed E-state index contributed by atoms with van der Waals surface area (Å²) < 4.78 is 10.2. The summed E-state index contributed by atoms with van der Waals surface area (Å²) in [6.45, 7) is 0. The molecule has 1 aromatic heterocycles. The van der Waals surface area contributed by atoms with E-state index in [0.29, 0.717) is 22.2 Å². The van der Waals surface area contributed by atoms with E-state index in [1.54, 1.807) is 0 Å². The van der Waals surface area contributed by atoms with Crippen molar-refractivity contribution in [1.82, 2.24) is 9.97 Å². The zero-order valence-electron chi connectivity index (χ0n) is 11.8. The van der Waals surface area contributed by atoms with Crippen molar-refractivity contribution in [2.75, 3.05) is 25.7 Å². The molecule has 2 rings (SSSR count). The summed E-state index contributed by atoms with van der Waals surface area (Å²) in [5.74, 6) is 0.499. The number of H-pyrrole nitrogens is 1. The van der Waals surface area contributed by atoms with Crippen molar-refractivity contribution >= 4 is 34.7 Å². The Morgan fingerprint density at radius 3 is 2.45 bits per heavy atom. The van der Waals surface area contributed by atoms with E-state index >= 15 is 0 Å². The molecule has 0 saturated carbocycles. The fraction of sp³-hybridized carbons (Fsp3) is 0.167. The third-order valence-electron chi connectivity index (χ3n) is 2.65. The number of nitrogens with one attached hydrogen (secondary N) is 1. The van der Waals surface area contributed by atoms with Crippen LogP contribution < -0.4 is 26.5 Å². The number of aromatic nitrogens is 2. The van der Waals surface area contributed by atoms with Gasteiger partial charge in [0.1, 0.15) is 17.2 Å². The summed E-state index contributed by atoms with van der Waals surface area (Å²) in [7, 11) is 2.91. The molecule has 22 heavy (non-hydrogen) atoms. The Morgan fingerprint density at radius 1 is 1.18 bits per heavy atom. The molecule has 116 valence electrons. The first-order valence-corrected chi connectivity index (χ1v) is 6.32. The van der Waals surface area contributed by atoms with Gasteiger partial charge < -0.3 is 20.9 Å². The minimum absolute atomic E-state index is 0.104. The van der Waals surface area contributed by atoms with Crippen molar-refractivity contribution in [2.24, 2.45) is 10.2 Å². The van der Waals surface area contributed by atoms with Crippen LogP contribution in [0.3, 0.4) is 0 Å². The highest BCUT2D eigenvalue weighted by Gasteiger charge is 2.11. The Bertz CT molecular complexity index is 789. The van der Waals surface area contributed by atoms with Crippen LogP contribution in [0.2, 0.25) is 5.02 Å². The number of nitrogen functional groups attached to an aromatic ring is 2. The molecule has 0 aliphatic rings. The topological polar surface area (TPSA) is 141 Å². The minimum Gasteiger partial charge on any atom is -0.495 e. The number of nitrogens with zero attached hydrogens (tertiary/aromatic N) is 3. The molecule has 9 nitrogen and oxygen atoms in total. The standard InChI is InChI=1S/C12H13ClN6O3/c1-21-7-4-6(8(22-2)3-5(7)13)18-19-9-10(14)16-12(15)17-11(9)20/h3-4H,1-2H3,(H5,14,15,16,17,20). The number of ether oxygens (including phenoxy) is 2. The molecular formula is C12H13ClN6O3. The van der Waals surface area contributed by atoms with Gasteiger partial charge in [0, 0.05) is 12.1 Å². The van der Waals surface area contributed by atoms with Gasteiger partial charge in [0.2, 0.25) is 5.95 Å². The van der Waals surface area contributed by atoms with Crippen molar-refractivity contribution in [2.45, 2.75) is 0 Å². The molecule has 0 radical (unpaired) electrons. The molecular weight excluding hydrogens is 312 g/mol. The lowest BCUT2D eigenvalue weighted by Gasteiger charge is -2.08. The van der Waals surface area contributed by atoms with E-state index in [9.17, 15) is 4.79 Å². The van der Waals surface area contributed by atoms with Crippen LogP contribution in [0.1, 0.15) is 0 Å². The molecule has 0 amide bonds. The number of rotatable bonds is 4. The molecule has 0 atom stereocenters. The second-order valence-electron chi connectivity index (χ2n) is 4.04. The van der Waals surface area contributed by atoms with E-state index in [-0.39, 0.29) is 17.5 Å². The van der Waals surface area contributed by atoms with E-state index in [1.165, 1.54) is 26.4 Å². The molecule has 0 aliphatic carbocycles. The first kappa shape index (κ1) is 15.6. The van der Waals surface area contributed by atoms with Crippen molar-refractivity contribution in [3.8, 4) is 11.5 Å². The highest BCUT2D eigenvalue weighted by Crippen LogP contribution is 2.38. The third kappa shape index (κ3) is 3.09. The van der Waals surface area contributed by atoms with E-state index in [4.69, 9.17) is 32.5 Å². The Labute approximate surface area is 129 Å². The number of halogens is 1. The quantitative estimate of drug-likeness (QED) is 0.734. The maximum atomic E-state index is 11.7. The van der Waals surface area contributed by atoms with Gasteiger partial charge >= 0.3 is 0 Å². The molecule has 10 heteroatoms. The van der Waals surface area contributed by atoms with E-state index in [1.807, 2.05) is 0 Å². The Kier molecular flexibility index (Phi) is 4.47. The SMILES string of the molecule is COc1cc(N=Nc2c(N)nc(N)[nH]c2=O)c(OC)cc1Cl. The van der Waals surface area contributed by atoms with Crippen molar-refractivity contribution in [3.63, 3.8) is 0 Å². The van der Waals surface area contributed by atoms with Crippen LogP contribution in [0.4, 0.5) is 23.1 Å². The number of anilines is 2. The molecule has 5 N–H and O–H groups in total. The fourth-order valence-electron chi connectivity index (χ4n) is 1.63. The van der Waals surface area contributed by atoms with Crippen LogP contribution in [0.5, 0.6) is 11.5 Å². The maximum Gasteiger partial charge on any atom is 0.282 e. The molecule has 0 aliphatic heterocycles. The number of nitrogens with two attached hydrogens (primary N) is 2. The van der Waals surface area contributed by atoms with E-state index in [2.05, 4.69) is 20.2 Å². The lowest BCUT2D eigenvalue weighted by atomic mass is 10.3. The summed E-state index contributed by atoms with van der Waals surface area (Å²) in [4.78, 5) is 17.7. The van der Waals surface area contributed by atoms with Crippen LogP contribution in [-0.2, 0) is 0 Å². The van der Waals surface area contributed by atoms with Gasteiger partial charge in [-0.2, -0.15) is 4.98 Å². The van der Waals surface area contributed by atoms with Gasteiger partial charge in [0.15, 0.2) is 11.5 Å². The number of hydrogen-bond donors (Lipinski definition) is 3. The highest BCUT2D eigenvalue weighted by molar-refractivity contribution is 6.32. The predicted molar refractivity (Wildman–Crippen MR) is 82.4 cm³/mol. The molecule has 0 spiro atoms. The van der Waals surface area contributed by atoms with Gasteiger partial charge in [0.25, 0.3) is 5.56 Å². The number of benzene rings is 1. The molecule has 2 aromatic rings. The van der Waals surface area contributed by atoms with Gasteiger partial charge in [0.05, 0.1) is 19.2 Å². The van der Waals surface area contributed by atoms with Crippen molar-refractivity contribution in [1.29, 1.82) is 0 Å². The van der Waals surface area contributed by atoms with Gasteiger partial charge in [-0.25, -0.2) is 0 Å². The molecule has 0 bridgehead atoms. The largest absolute Gasteiger partial charge is 0.495 e. The van der Waals surface area contributed by atoms with Crippen LogP contribution in [0, 0.1) is 0 Å². The first-order chi connectivity index (χ1) is 10.5. The van der Waals surface area contributed by atoms with Crippen molar-refractivity contribution < 1.29 is 9.47 Å². The summed E-state index contributed by atoms with van der Waals surface area (Å²) in [6, 6.07) is 3.03. The third-order valence-corrected chi connectivity index (χ3v) is 2.95. The highest BCUT2D eigenvalue weighted by atomic mass is 35.5. The second-order valence-corrected chi connectivity index (χ2v) is 4.45. The van der Waals surface area contributed by atoms with Crippen molar-refractivity contribution in [3.05, 3.63) is 27.5 Å². The van der Waals surface area contributed by atoms with Crippen LogP contribution in [0.25, 0.3) is 0 Å².